The van der Waals surface area contributed by atoms with Crippen LogP contribution in [0.5, 0.6) is 0 Å². The average Bonchev–Trinajstić information content (AvgIpc) is 3.14. The molecule has 1 heterocycles. The van der Waals surface area contributed by atoms with Gasteiger partial charge in [-0.05, 0) is 62.5 Å². The van der Waals surface area contributed by atoms with Crippen LogP contribution < -0.4 is 0 Å². The third kappa shape index (κ3) is 2.56. The van der Waals surface area contributed by atoms with Crippen molar-refractivity contribution in [1.29, 1.82) is 5.26 Å². The van der Waals surface area contributed by atoms with Gasteiger partial charge in [-0.15, -0.1) is 0 Å². The van der Waals surface area contributed by atoms with Gasteiger partial charge in [0.05, 0.1) is 11.6 Å². The van der Waals surface area contributed by atoms with Gasteiger partial charge in [0, 0.05) is 23.1 Å². The maximum atomic E-state index is 9.10. The molecule has 3 atom stereocenters. The minimum Gasteiger partial charge on any atom is -0.361 e. The number of fused-ring (bicyclic) bond motifs is 1. The number of aromatic nitrogens is 1. The molecule has 3 unspecified atom stereocenters. The SMILES string of the molecule is CCCC(C1CC1c1c[nH]c2ccc(C#N)cc12)N(C)C. The Bertz CT molecular complexity index is 677. The Balaban J connectivity index is 1.88. The molecule has 0 aliphatic heterocycles. The summed E-state index contributed by atoms with van der Waals surface area (Å²) < 4.78 is 0. The lowest BCUT2D eigenvalue weighted by Crippen LogP contribution is -2.30. The summed E-state index contributed by atoms with van der Waals surface area (Å²) in [5.41, 5.74) is 3.29. The number of H-pyrrole nitrogens is 1. The second-order valence-corrected chi connectivity index (χ2v) is 6.44. The average molecular weight is 281 g/mol. The van der Waals surface area contributed by atoms with Gasteiger partial charge in [0.15, 0.2) is 0 Å². The van der Waals surface area contributed by atoms with Crippen LogP contribution in [0.4, 0.5) is 0 Å². The molecule has 1 fully saturated rings. The van der Waals surface area contributed by atoms with Gasteiger partial charge in [-0.3, -0.25) is 0 Å². The Labute approximate surface area is 126 Å². The van der Waals surface area contributed by atoms with E-state index in [1.807, 2.05) is 18.2 Å². The smallest absolute Gasteiger partial charge is 0.0991 e. The zero-order chi connectivity index (χ0) is 15.0. The summed E-state index contributed by atoms with van der Waals surface area (Å²) in [5, 5.41) is 10.3. The van der Waals surface area contributed by atoms with Gasteiger partial charge in [0.1, 0.15) is 0 Å². The summed E-state index contributed by atoms with van der Waals surface area (Å²) in [6, 6.07) is 8.84. The van der Waals surface area contributed by atoms with Crippen molar-refractivity contribution in [3.63, 3.8) is 0 Å². The Morgan fingerprint density at radius 1 is 1.43 bits per heavy atom. The molecular formula is C18H23N3. The van der Waals surface area contributed by atoms with Crippen LogP contribution in [-0.2, 0) is 0 Å². The van der Waals surface area contributed by atoms with Crippen LogP contribution in [-0.4, -0.2) is 30.0 Å². The largest absolute Gasteiger partial charge is 0.361 e. The molecule has 110 valence electrons. The molecule has 0 bridgehead atoms. The summed E-state index contributed by atoms with van der Waals surface area (Å²) in [7, 11) is 4.39. The molecule has 0 radical (unpaired) electrons. The number of nitrogens with one attached hydrogen (secondary N) is 1. The summed E-state index contributed by atoms with van der Waals surface area (Å²) in [6.07, 6.45) is 5.92. The summed E-state index contributed by atoms with van der Waals surface area (Å²) >= 11 is 0. The number of hydrogen-bond acceptors (Lipinski definition) is 2. The topological polar surface area (TPSA) is 42.8 Å². The molecule has 3 nitrogen and oxygen atoms in total. The third-order valence-electron chi connectivity index (χ3n) is 4.82. The van der Waals surface area contributed by atoms with Crippen LogP contribution in [0.25, 0.3) is 10.9 Å². The van der Waals surface area contributed by atoms with Crippen molar-refractivity contribution in [2.24, 2.45) is 5.92 Å². The number of nitrogens with zero attached hydrogens (tertiary/aromatic N) is 2. The zero-order valence-electron chi connectivity index (χ0n) is 13.1. The van der Waals surface area contributed by atoms with E-state index in [-0.39, 0.29) is 0 Å². The van der Waals surface area contributed by atoms with Gasteiger partial charge >= 0.3 is 0 Å². The van der Waals surface area contributed by atoms with Crippen LogP contribution in [0.15, 0.2) is 24.4 Å². The summed E-state index contributed by atoms with van der Waals surface area (Å²) in [5.74, 6) is 1.40. The first-order chi connectivity index (χ1) is 10.2. The minimum atomic E-state index is 0.645. The molecule has 1 aromatic carbocycles. The number of hydrogen-bond donors (Lipinski definition) is 1. The van der Waals surface area contributed by atoms with Crippen molar-refractivity contribution < 1.29 is 0 Å². The highest BCUT2D eigenvalue weighted by Gasteiger charge is 2.45. The van der Waals surface area contributed by atoms with Crippen molar-refractivity contribution >= 4 is 10.9 Å². The molecule has 1 saturated carbocycles. The number of nitriles is 1. The van der Waals surface area contributed by atoms with Crippen molar-refractivity contribution in [3.8, 4) is 6.07 Å². The van der Waals surface area contributed by atoms with Crippen LogP contribution in [0.1, 0.15) is 43.2 Å². The summed E-state index contributed by atoms with van der Waals surface area (Å²) in [4.78, 5) is 5.74. The first-order valence-corrected chi connectivity index (χ1v) is 7.83. The van der Waals surface area contributed by atoms with E-state index in [1.54, 1.807) is 0 Å². The monoisotopic (exact) mass is 281 g/mol. The van der Waals surface area contributed by atoms with Gasteiger partial charge in [0.2, 0.25) is 0 Å². The van der Waals surface area contributed by atoms with E-state index in [0.29, 0.717) is 12.0 Å². The fraction of sp³-hybridized carbons (Fsp3) is 0.500. The highest BCUT2D eigenvalue weighted by Crippen LogP contribution is 2.53. The maximum absolute atomic E-state index is 9.10. The lowest BCUT2D eigenvalue weighted by Gasteiger charge is -2.24. The van der Waals surface area contributed by atoms with Gasteiger partial charge in [-0.2, -0.15) is 5.26 Å². The van der Waals surface area contributed by atoms with E-state index < -0.39 is 0 Å². The van der Waals surface area contributed by atoms with Crippen molar-refractivity contribution in [2.75, 3.05) is 14.1 Å². The first-order valence-electron chi connectivity index (χ1n) is 7.83. The maximum Gasteiger partial charge on any atom is 0.0991 e. The van der Waals surface area contributed by atoms with Crippen LogP contribution in [0, 0.1) is 17.2 Å². The fourth-order valence-corrected chi connectivity index (χ4v) is 3.67. The van der Waals surface area contributed by atoms with Crippen LogP contribution in [0.2, 0.25) is 0 Å². The van der Waals surface area contributed by atoms with Crippen LogP contribution in [0.3, 0.4) is 0 Å². The lowest BCUT2D eigenvalue weighted by atomic mass is 10.00. The minimum absolute atomic E-state index is 0.645. The molecule has 1 aliphatic rings. The van der Waals surface area contributed by atoms with Gasteiger partial charge < -0.3 is 9.88 Å². The summed E-state index contributed by atoms with van der Waals surface area (Å²) in [6.45, 7) is 2.26. The predicted molar refractivity (Wildman–Crippen MR) is 86.2 cm³/mol. The van der Waals surface area contributed by atoms with Crippen molar-refractivity contribution in [1.82, 2.24) is 9.88 Å². The van der Waals surface area contributed by atoms with E-state index in [2.05, 4.69) is 43.2 Å². The molecular weight excluding hydrogens is 258 g/mol. The second-order valence-electron chi connectivity index (χ2n) is 6.44. The van der Waals surface area contributed by atoms with Crippen molar-refractivity contribution in [2.45, 2.75) is 38.1 Å². The van der Waals surface area contributed by atoms with E-state index in [1.165, 1.54) is 30.2 Å². The van der Waals surface area contributed by atoms with Gasteiger partial charge in [-0.1, -0.05) is 13.3 Å². The number of benzene rings is 1. The van der Waals surface area contributed by atoms with Crippen LogP contribution >= 0.6 is 0 Å². The Morgan fingerprint density at radius 3 is 2.90 bits per heavy atom. The molecule has 21 heavy (non-hydrogen) atoms. The lowest BCUT2D eigenvalue weighted by molar-refractivity contribution is 0.245. The quantitative estimate of drug-likeness (QED) is 0.904. The molecule has 1 aliphatic carbocycles. The molecule has 1 aromatic heterocycles. The molecule has 2 aromatic rings. The molecule has 0 spiro atoms. The third-order valence-corrected chi connectivity index (χ3v) is 4.82. The van der Waals surface area contributed by atoms with Crippen molar-refractivity contribution in [3.05, 3.63) is 35.5 Å². The van der Waals surface area contributed by atoms with E-state index in [0.717, 1.165) is 17.0 Å². The molecule has 1 N–H and O–H groups in total. The molecule has 0 saturated heterocycles. The Morgan fingerprint density at radius 2 is 2.24 bits per heavy atom. The second kappa shape index (κ2) is 5.54. The number of rotatable bonds is 5. The highest BCUT2D eigenvalue weighted by molar-refractivity contribution is 5.85. The Hall–Kier alpha value is -1.79. The molecule has 3 heteroatoms. The normalized spacial score (nSPS) is 22.4. The first kappa shape index (κ1) is 14.2. The fourth-order valence-electron chi connectivity index (χ4n) is 3.67. The van der Waals surface area contributed by atoms with Gasteiger partial charge in [-0.25, -0.2) is 0 Å². The predicted octanol–water partition coefficient (Wildman–Crippen LogP) is 3.87. The standard InChI is InChI=1S/C18H23N3/c1-4-5-18(21(2)3)15-9-13(15)16-11-20-17-7-6-12(10-19)8-14(16)17/h6-8,11,13,15,18,20H,4-5,9H2,1-3H3. The molecule has 0 amide bonds. The Kier molecular flexibility index (Phi) is 3.73. The zero-order valence-corrected chi connectivity index (χ0v) is 13.1. The molecule has 3 rings (SSSR count). The van der Waals surface area contributed by atoms with E-state index in [9.17, 15) is 0 Å². The van der Waals surface area contributed by atoms with E-state index >= 15 is 0 Å². The highest BCUT2D eigenvalue weighted by atomic mass is 15.1. The van der Waals surface area contributed by atoms with Gasteiger partial charge in [0.25, 0.3) is 0 Å². The van der Waals surface area contributed by atoms with E-state index in [4.69, 9.17) is 5.26 Å². The number of aromatic amines is 1.